The summed E-state index contributed by atoms with van der Waals surface area (Å²) in [6.07, 6.45) is 11.7. The molecule has 4 rings (SSSR count). The highest BCUT2D eigenvalue weighted by molar-refractivity contribution is 5.44. The molecule has 1 aromatic carbocycles. The van der Waals surface area contributed by atoms with Gasteiger partial charge in [0.2, 0.25) is 0 Å². The largest absolute Gasteiger partial charge is 0.0591 e. The Morgan fingerprint density at radius 1 is 1.00 bits per heavy atom. The molecule has 0 aromatic heterocycles. The van der Waals surface area contributed by atoms with Crippen molar-refractivity contribution in [2.45, 2.75) is 78.1 Å². The summed E-state index contributed by atoms with van der Waals surface area (Å²) < 4.78 is 0. The zero-order valence-electron chi connectivity index (χ0n) is 14.0. The zero-order valence-corrected chi connectivity index (χ0v) is 14.0. The van der Waals surface area contributed by atoms with E-state index in [9.17, 15) is 0 Å². The molecule has 21 heavy (non-hydrogen) atoms. The summed E-state index contributed by atoms with van der Waals surface area (Å²) in [6.45, 7) is 7.28. The molecule has 3 aliphatic rings. The maximum atomic E-state index is 2.65. The first-order chi connectivity index (χ1) is 10.1. The number of hydrogen-bond acceptors (Lipinski definition) is 0. The molecular weight excluding hydrogens is 252 g/mol. The van der Waals surface area contributed by atoms with Gasteiger partial charge in [0, 0.05) is 0 Å². The smallest absolute Gasteiger partial charge is 0.0125 e. The van der Waals surface area contributed by atoms with E-state index in [-0.39, 0.29) is 0 Å². The second-order valence-electron chi connectivity index (χ2n) is 8.35. The predicted molar refractivity (Wildman–Crippen MR) is 89.8 cm³/mol. The Morgan fingerprint density at radius 2 is 1.86 bits per heavy atom. The lowest BCUT2D eigenvalue weighted by Crippen LogP contribution is -2.46. The predicted octanol–water partition coefficient (Wildman–Crippen LogP) is 5.94. The molecule has 0 nitrogen and oxygen atoms in total. The Kier molecular flexibility index (Phi) is 3.21. The lowest BCUT2D eigenvalue weighted by Gasteiger charge is -2.56. The average Bonchev–Trinajstić information content (AvgIpc) is 2.50. The standard InChI is InChI=1S/C21H30/c1-14-7-9-18-17(15(14)2)11-12-20-19(18)10-8-16-6-4-5-13-21(16,20)3/h7,9,16,19-20H,4-6,8,10-13H2,1-3H3/t16-,19+,20+,21-/m0/s1. The zero-order chi connectivity index (χ0) is 14.6. The van der Waals surface area contributed by atoms with Crippen molar-refractivity contribution in [1.29, 1.82) is 0 Å². The van der Waals surface area contributed by atoms with Gasteiger partial charge in [0.05, 0.1) is 0 Å². The molecule has 114 valence electrons. The normalized spacial score (nSPS) is 38.3. The van der Waals surface area contributed by atoms with E-state index in [0.29, 0.717) is 5.41 Å². The number of hydrogen-bond donors (Lipinski definition) is 0. The van der Waals surface area contributed by atoms with Crippen molar-refractivity contribution in [3.63, 3.8) is 0 Å². The molecule has 0 heterocycles. The molecule has 1 aromatic rings. The van der Waals surface area contributed by atoms with Gasteiger partial charge in [0.25, 0.3) is 0 Å². The Hall–Kier alpha value is -0.780. The van der Waals surface area contributed by atoms with Gasteiger partial charge >= 0.3 is 0 Å². The van der Waals surface area contributed by atoms with Crippen molar-refractivity contribution in [2.75, 3.05) is 0 Å². The molecular formula is C21H30. The second-order valence-corrected chi connectivity index (χ2v) is 8.35. The third-order valence-electron chi connectivity index (χ3n) is 7.62. The van der Waals surface area contributed by atoms with Crippen molar-refractivity contribution in [1.82, 2.24) is 0 Å². The fourth-order valence-electron chi connectivity index (χ4n) is 6.21. The molecule has 2 saturated carbocycles. The van der Waals surface area contributed by atoms with Crippen molar-refractivity contribution in [3.8, 4) is 0 Å². The van der Waals surface area contributed by atoms with E-state index in [2.05, 4.69) is 32.9 Å². The van der Waals surface area contributed by atoms with E-state index in [1.165, 1.54) is 56.9 Å². The van der Waals surface area contributed by atoms with Gasteiger partial charge in [-0.05, 0) is 97.8 Å². The van der Waals surface area contributed by atoms with E-state index in [0.717, 1.165) is 17.8 Å². The minimum Gasteiger partial charge on any atom is -0.0591 e. The lowest BCUT2D eigenvalue weighted by molar-refractivity contribution is -0.0204. The van der Waals surface area contributed by atoms with Gasteiger partial charge in [-0.1, -0.05) is 31.9 Å². The van der Waals surface area contributed by atoms with Gasteiger partial charge in [-0.15, -0.1) is 0 Å². The highest BCUT2D eigenvalue weighted by atomic mass is 14.5. The van der Waals surface area contributed by atoms with Crippen molar-refractivity contribution < 1.29 is 0 Å². The third-order valence-corrected chi connectivity index (χ3v) is 7.62. The van der Waals surface area contributed by atoms with Crippen LogP contribution in [0.1, 0.15) is 80.0 Å². The maximum Gasteiger partial charge on any atom is -0.0125 e. The quantitative estimate of drug-likeness (QED) is 0.552. The minimum absolute atomic E-state index is 0.650. The second kappa shape index (κ2) is 4.86. The summed E-state index contributed by atoms with van der Waals surface area (Å²) in [6, 6.07) is 4.87. The van der Waals surface area contributed by atoms with E-state index in [1.54, 1.807) is 16.7 Å². The maximum absolute atomic E-state index is 2.65. The Morgan fingerprint density at radius 3 is 2.71 bits per heavy atom. The molecule has 0 bridgehead atoms. The van der Waals surface area contributed by atoms with Crippen LogP contribution in [-0.4, -0.2) is 0 Å². The van der Waals surface area contributed by atoms with E-state index in [4.69, 9.17) is 0 Å². The molecule has 0 saturated heterocycles. The first kappa shape index (κ1) is 13.9. The molecule has 4 atom stereocenters. The number of aryl methyl sites for hydroxylation is 1. The fourth-order valence-corrected chi connectivity index (χ4v) is 6.21. The highest BCUT2D eigenvalue weighted by Crippen LogP contribution is 2.60. The third kappa shape index (κ3) is 1.94. The lowest BCUT2D eigenvalue weighted by atomic mass is 9.49. The van der Waals surface area contributed by atoms with Crippen LogP contribution in [0.3, 0.4) is 0 Å². The summed E-state index contributed by atoms with van der Waals surface area (Å²) in [5.74, 6) is 2.86. The van der Waals surface area contributed by atoms with Crippen molar-refractivity contribution in [3.05, 3.63) is 34.4 Å². The molecule has 2 fully saturated rings. The highest BCUT2D eigenvalue weighted by Gasteiger charge is 2.50. The average molecular weight is 282 g/mol. The number of fused-ring (bicyclic) bond motifs is 5. The number of benzene rings is 1. The number of rotatable bonds is 0. The van der Waals surface area contributed by atoms with Crippen LogP contribution < -0.4 is 0 Å². The fraction of sp³-hybridized carbons (Fsp3) is 0.714. The topological polar surface area (TPSA) is 0 Å². The van der Waals surface area contributed by atoms with Crippen LogP contribution in [0.25, 0.3) is 0 Å². The summed E-state index contributed by atoms with van der Waals surface area (Å²) in [4.78, 5) is 0. The van der Waals surface area contributed by atoms with Crippen molar-refractivity contribution >= 4 is 0 Å². The minimum atomic E-state index is 0.650. The molecule has 3 aliphatic carbocycles. The molecule has 0 radical (unpaired) electrons. The van der Waals surface area contributed by atoms with E-state index in [1.807, 2.05) is 0 Å². The Labute approximate surface area is 130 Å². The molecule has 0 N–H and O–H groups in total. The molecule has 0 heteroatoms. The molecule has 0 amide bonds. The molecule has 0 spiro atoms. The van der Waals surface area contributed by atoms with Gasteiger partial charge in [0.15, 0.2) is 0 Å². The van der Waals surface area contributed by atoms with Crippen LogP contribution in [0.2, 0.25) is 0 Å². The monoisotopic (exact) mass is 282 g/mol. The SMILES string of the molecule is Cc1ccc2c(c1C)CC[C@@H]1[C@@H]2CC[C@@H]2CCCC[C@@]21C. The first-order valence-electron chi connectivity index (χ1n) is 9.20. The van der Waals surface area contributed by atoms with E-state index >= 15 is 0 Å². The van der Waals surface area contributed by atoms with Gasteiger partial charge in [-0.25, -0.2) is 0 Å². The van der Waals surface area contributed by atoms with Gasteiger partial charge in [0.1, 0.15) is 0 Å². The van der Waals surface area contributed by atoms with Crippen molar-refractivity contribution in [2.24, 2.45) is 17.3 Å². The Bertz CT molecular complexity index is 555. The van der Waals surface area contributed by atoms with E-state index < -0.39 is 0 Å². The van der Waals surface area contributed by atoms with Crippen LogP contribution in [0, 0.1) is 31.1 Å². The van der Waals surface area contributed by atoms with Crippen LogP contribution in [-0.2, 0) is 6.42 Å². The summed E-state index contributed by atoms with van der Waals surface area (Å²) in [5, 5.41) is 0. The van der Waals surface area contributed by atoms with Gasteiger partial charge in [-0.2, -0.15) is 0 Å². The summed E-state index contributed by atoms with van der Waals surface area (Å²) >= 11 is 0. The van der Waals surface area contributed by atoms with Gasteiger partial charge < -0.3 is 0 Å². The van der Waals surface area contributed by atoms with Crippen LogP contribution in [0.4, 0.5) is 0 Å². The van der Waals surface area contributed by atoms with Gasteiger partial charge in [-0.3, -0.25) is 0 Å². The van der Waals surface area contributed by atoms with Crippen LogP contribution in [0.15, 0.2) is 12.1 Å². The Balaban J connectivity index is 1.75. The van der Waals surface area contributed by atoms with Crippen LogP contribution in [0.5, 0.6) is 0 Å². The first-order valence-corrected chi connectivity index (χ1v) is 9.20. The summed E-state index contributed by atoms with van der Waals surface area (Å²) in [5.41, 5.74) is 7.18. The van der Waals surface area contributed by atoms with Crippen LogP contribution >= 0.6 is 0 Å². The molecule has 0 unspecified atom stereocenters. The molecule has 0 aliphatic heterocycles. The summed E-state index contributed by atoms with van der Waals surface area (Å²) in [7, 11) is 0.